The second-order valence-electron chi connectivity index (χ2n) is 3.69. The molecule has 0 spiro atoms. The van der Waals surface area contributed by atoms with Crippen LogP contribution < -0.4 is 0 Å². The smallest absolute Gasteiger partial charge is 0.132 e. The molecule has 1 nitrogen and oxygen atoms in total. The molecule has 2 aliphatic rings. The maximum atomic E-state index is 13.7. The topological polar surface area (TPSA) is 20.2 Å². The minimum absolute atomic E-state index is 0.0856. The molecule has 0 aliphatic heterocycles. The summed E-state index contributed by atoms with van der Waals surface area (Å²) in [5.74, 6) is 0.541. The first-order valence-electron chi connectivity index (χ1n) is 4.24. The highest BCUT2D eigenvalue weighted by atomic mass is 19.1. The standard InChI is InChI=1S/C9H13FO/c10-9-3-1-7(6-9)5-8(9)2-4-11/h1,3,7-8,11H,2,4-6H2. The number of fused-ring (bicyclic) bond motifs is 2. The number of alkyl halides is 1. The highest BCUT2D eigenvalue weighted by molar-refractivity contribution is 5.20. The molecular formula is C9H13FO. The Morgan fingerprint density at radius 3 is 2.91 bits per heavy atom. The van der Waals surface area contributed by atoms with Crippen LogP contribution in [-0.2, 0) is 0 Å². The molecule has 11 heavy (non-hydrogen) atoms. The number of hydrogen-bond donors (Lipinski definition) is 1. The lowest BCUT2D eigenvalue weighted by Gasteiger charge is -2.23. The summed E-state index contributed by atoms with van der Waals surface area (Å²) in [7, 11) is 0. The van der Waals surface area contributed by atoms with Crippen LogP contribution in [-0.4, -0.2) is 17.4 Å². The van der Waals surface area contributed by atoms with Crippen molar-refractivity contribution in [2.24, 2.45) is 11.8 Å². The van der Waals surface area contributed by atoms with Crippen molar-refractivity contribution in [2.75, 3.05) is 6.61 Å². The number of aliphatic hydroxyl groups excluding tert-OH is 1. The van der Waals surface area contributed by atoms with E-state index in [1.54, 1.807) is 6.08 Å². The second-order valence-corrected chi connectivity index (χ2v) is 3.69. The summed E-state index contributed by atoms with van der Waals surface area (Å²) in [5.41, 5.74) is -1.06. The Kier molecular flexibility index (Phi) is 1.53. The third-order valence-electron chi connectivity index (χ3n) is 2.96. The van der Waals surface area contributed by atoms with Gasteiger partial charge in [0.05, 0.1) is 0 Å². The molecule has 0 heterocycles. The fourth-order valence-electron chi connectivity index (χ4n) is 2.37. The molecule has 0 aromatic heterocycles. The lowest BCUT2D eigenvalue weighted by molar-refractivity contribution is 0.139. The van der Waals surface area contributed by atoms with Crippen LogP contribution in [0.1, 0.15) is 19.3 Å². The van der Waals surface area contributed by atoms with E-state index in [0.717, 1.165) is 6.42 Å². The zero-order chi connectivity index (χ0) is 7.90. The lowest BCUT2D eigenvalue weighted by atomic mass is 9.89. The molecule has 2 heteroatoms. The molecule has 2 aliphatic carbocycles. The fraction of sp³-hybridized carbons (Fsp3) is 0.778. The Labute approximate surface area is 65.9 Å². The van der Waals surface area contributed by atoms with Gasteiger partial charge in [-0.1, -0.05) is 12.2 Å². The normalized spacial score (nSPS) is 47.1. The van der Waals surface area contributed by atoms with Crippen molar-refractivity contribution in [1.82, 2.24) is 0 Å². The summed E-state index contributed by atoms with van der Waals surface area (Å²) in [6, 6.07) is 0. The summed E-state index contributed by atoms with van der Waals surface area (Å²) >= 11 is 0. The van der Waals surface area contributed by atoms with E-state index in [1.165, 1.54) is 0 Å². The van der Waals surface area contributed by atoms with Crippen LogP contribution in [0.25, 0.3) is 0 Å². The van der Waals surface area contributed by atoms with E-state index in [2.05, 4.69) is 0 Å². The Balaban J connectivity index is 2.10. The van der Waals surface area contributed by atoms with Gasteiger partial charge in [-0.15, -0.1) is 0 Å². The molecular weight excluding hydrogens is 143 g/mol. The summed E-state index contributed by atoms with van der Waals surface area (Å²) in [5, 5.41) is 8.68. The van der Waals surface area contributed by atoms with Gasteiger partial charge in [0, 0.05) is 6.61 Å². The summed E-state index contributed by atoms with van der Waals surface area (Å²) in [4.78, 5) is 0. The first kappa shape index (κ1) is 7.29. The zero-order valence-electron chi connectivity index (χ0n) is 6.46. The number of hydrogen-bond acceptors (Lipinski definition) is 1. The van der Waals surface area contributed by atoms with E-state index in [9.17, 15) is 4.39 Å². The third-order valence-corrected chi connectivity index (χ3v) is 2.96. The van der Waals surface area contributed by atoms with Crippen LogP contribution in [0.15, 0.2) is 12.2 Å². The maximum absolute atomic E-state index is 13.7. The summed E-state index contributed by atoms with van der Waals surface area (Å²) in [6.07, 6.45) is 5.90. The van der Waals surface area contributed by atoms with Crippen molar-refractivity contribution in [1.29, 1.82) is 0 Å². The summed E-state index contributed by atoms with van der Waals surface area (Å²) < 4.78 is 13.7. The molecule has 62 valence electrons. The predicted molar refractivity (Wildman–Crippen MR) is 40.9 cm³/mol. The van der Waals surface area contributed by atoms with E-state index in [0.29, 0.717) is 18.8 Å². The second kappa shape index (κ2) is 2.31. The molecule has 1 fully saturated rings. The average Bonchev–Trinajstić information content (AvgIpc) is 2.44. The van der Waals surface area contributed by atoms with Gasteiger partial charge in [-0.05, 0) is 31.1 Å². The molecule has 1 N–H and O–H groups in total. The lowest BCUT2D eigenvalue weighted by Crippen LogP contribution is -2.25. The van der Waals surface area contributed by atoms with Gasteiger partial charge in [-0.3, -0.25) is 0 Å². The Morgan fingerprint density at radius 2 is 2.45 bits per heavy atom. The Bertz CT molecular complexity index is 190. The Hall–Kier alpha value is -0.370. The van der Waals surface area contributed by atoms with E-state index < -0.39 is 5.67 Å². The predicted octanol–water partition coefficient (Wildman–Crippen LogP) is 1.67. The van der Waals surface area contributed by atoms with Gasteiger partial charge in [-0.2, -0.15) is 0 Å². The van der Waals surface area contributed by atoms with E-state index in [-0.39, 0.29) is 12.5 Å². The highest BCUT2D eigenvalue weighted by Crippen LogP contribution is 2.50. The van der Waals surface area contributed by atoms with Gasteiger partial charge < -0.3 is 5.11 Å². The van der Waals surface area contributed by atoms with Crippen molar-refractivity contribution in [2.45, 2.75) is 24.9 Å². The molecule has 3 unspecified atom stereocenters. The van der Waals surface area contributed by atoms with Crippen LogP contribution in [0, 0.1) is 11.8 Å². The fourth-order valence-corrected chi connectivity index (χ4v) is 2.37. The zero-order valence-corrected chi connectivity index (χ0v) is 6.46. The van der Waals surface area contributed by atoms with E-state index in [1.807, 2.05) is 6.08 Å². The van der Waals surface area contributed by atoms with Crippen LogP contribution in [0.4, 0.5) is 4.39 Å². The van der Waals surface area contributed by atoms with Gasteiger partial charge in [-0.25, -0.2) is 4.39 Å². The molecule has 2 bridgehead atoms. The molecule has 2 rings (SSSR count). The molecule has 0 aromatic rings. The number of aliphatic hydroxyl groups is 1. The Morgan fingerprint density at radius 1 is 1.64 bits per heavy atom. The number of halogens is 1. The molecule has 1 saturated carbocycles. The van der Waals surface area contributed by atoms with Gasteiger partial charge >= 0.3 is 0 Å². The van der Waals surface area contributed by atoms with Gasteiger partial charge in [0.2, 0.25) is 0 Å². The largest absolute Gasteiger partial charge is 0.396 e. The van der Waals surface area contributed by atoms with Crippen LogP contribution >= 0.6 is 0 Å². The van der Waals surface area contributed by atoms with Crippen LogP contribution in [0.3, 0.4) is 0 Å². The first-order chi connectivity index (χ1) is 5.24. The van der Waals surface area contributed by atoms with E-state index >= 15 is 0 Å². The SMILES string of the molecule is OCCC1CC2C=CC1(F)C2. The third kappa shape index (κ3) is 1.00. The molecule has 0 radical (unpaired) electrons. The van der Waals surface area contributed by atoms with Crippen molar-refractivity contribution >= 4 is 0 Å². The molecule has 0 aromatic carbocycles. The van der Waals surface area contributed by atoms with Gasteiger partial charge in [0.15, 0.2) is 0 Å². The monoisotopic (exact) mass is 156 g/mol. The molecule has 0 amide bonds. The number of allylic oxidation sites excluding steroid dienone is 2. The van der Waals surface area contributed by atoms with Crippen molar-refractivity contribution in [3.05, 3.63) is 12.2 Å². The van der Waals surface area contributed by atoms with Crippen molar-refractivity contribution in [3.63, 3.8) is 0 Å². The first-order valence-corrected chi connectivity index (χ1v) is 4.24. The molecule has 0 saturated heterocycles. The van der Waals surface area contributed by atoms with Crippen LogP contribution in [0.5, 0.6) is 0 Å². The summed E-state index contributed by atoms with van der Waals surface area (Å²) in [6.45, 7) is 0.122. The quantitative estimate of drug-likeness (QED) is 0.603. The van der Waals surface area contributed by atoms with Crippen molar-refractivity contribution < 1.29 is 9.50 Å². The van der Waals surface area contributed by atoms with E-state index in [4.69, 9.17) is 5.11 Å². The van der Waals surface area contributed by atoms with Gasteiger partial charge in [0.25, 0.3) is 0 Å². The van der Waals surface area contributed by atoms with Crippen LogP contribution in [0.2, 0.25) is 0 Å². The average molecular weight is 156 g/mol. The highest BCUT2D eigenvalue weighted by Gasteiger charge is 2.48. The minimum Gasteiger partial charge on any atom is -0.396 e. The molecule has 3 atom stereocenters. The number of rotatable bonds is 2. The van der Waals surface area contributed by atoms with Crippen molar-refractivity contribution in [3.8, 4) is 0 Å². The van der Waals surface area contributed by atoms with Gasteiger partial charge in [0.1, 0.15) is 5.67 Å². The minimum atomic E-state index is -1.06. The maximum Gasteiger partial charge on any atom is 0.132 e.